The molecule has 128 valence electrons. The summed E-state index contributed by atoms with van der Waals surface area (Å²) in [4.78, 5) is 12.1. The van der Waals surface area contributed by atoms with E-state index in [2.05, 4.69) is 27.7 Å². The Morgan fingerprint density at radius 1 is 1.09 bits per heavy atom. The first-order valence-electron chi connectivity index (χ1n) is 10.1. The molecule has 6 atom stereocenters. The first-order chi connectivity index (χ1) is 10.9. The molecule has 2 fully saturated rings. The normalized spacial score (nSPS) is 49.7. The van der Waals surface area contributed by atoms with E-state index in [1.165, 1.54) is 44.9 Å². The highest BCUT2D eigenvalue weighted by atomic mass is 16.1. The monoisotopic (exact) mass is 314 g/mol. The van der Waals surface area contributed by atoms with Gasteiger partial charge in [-0.05, 0) is 79.4 Å². The molecule has 0 unspecified atom stereocenters. The van der Waals surface area contributed by atoms with Crippen LogP contribution in [-0.4, -0.2) is 5.78 Å². The van der Waals surface area contributed by atoms with E-state index in [4.69, 9.17) is 0 Å². The fourth-order valence-electron chi connectivity index (χ4n) is 7.23. The van der Waals surface area contributed by atoms with Crippen LogP contribution in [0.5, 0.6) is 0 Å². The van der Waals surface area contributed by atoms with Crippen LogP contribution in [0.25, 0.3) is 0 Å². The number of allylic oxidation sites excluding steroid dienone is 2. The summed E-state index contributed by atoms with van der Waals surface area (Å²) < 4.78 is 0. The van der Waals surface area contributed by atoms with Gasteiger partial charge in [0.05, 0.1) is 0 Å². The molecule has 4 aliphatic carbocycles. The summed E-state index contributed by atoms with van der Waals surface area (Å²) in [5.74, 6) is 3.49. The van der Waals surface area contributed by atoms with Crippen molar-refractivity contribution in [3.05, 3.63) is 11.1 Å². The molecular weight excluding hydrogens is 280 g/mol. The summed E-state index contributed by atoms with van der Waals surface area (Å²) in [7, 11) is 0. The molecule has 0 radical (unpaired) electrons. The Kier molecular flexibility index (Phi) is 3.60. The maximum atomic E-state index is 12.1. The Balaban J connectivity index is 1.70. The average Bonchev–Trinajstić information content (AvgIpc) is 2.87. The van der Waals surface area contributed by atoms with E-state index in [1.54, 1.807) is 0 Å². The van der Waals surface area contributed by atoms with E-state index in [9.17, 15) is 4.79 Å². The molecule has 23 heavy (non-hydrogen) atoms. The Hall–Kier alpha value is -0.590. The second-order valence-electron chi connectivity index (χ2n) is 9.66. The second-order valence-corrected chi connectivity index (χ2v) is 9.66. The van der Waals surface area contributed by atoms with Crippen LogP contribution in [0.1, 0.15) is 85.5 Å². The minimum Gasteiger partial charge on any atom is -0.300 e. The highest BCUT2D eigenvalue weighted by Crippen LogP contribution is 2.64. The summed E-state index contributed by atoms with van der Waals surface area (Å²) >= 11 is 0. The molecule has 0 spiro atoms. The SMILES string of the molecule is CC[C@]1(C)CCC2=C1CC[C@H]1[C@H]2CC[C@H]2CC(=O)C[C@H](C)[C@@]21C. The lowest BCUT2D eigenvalue weighted by atomic mass is 9.46. The number of carbonyl (C=O) groups is 1. The van der Waals surface area contributed by atoms with Crippen molar-refractivity contribution in [2.75, 3.05) is 0 Å². The van der Waals surface area contributed by atoms with Gasteiger partial charge in [-0.2, -0.15) is 0 Å². The first-order valence-corrected chi connectivity index (χ1v) is 10.1. The fraction of sp³-hybridized carbons (Fsp3) is 0.864. The van der Waals surface area contributed by atoms with Gasteiger partial charge in [-0.1, -0.05) is 38.8 Å². The molecule has 4 rings (SSSR count). The van der Waals surface area contributed by atoms with Crippen molar-refractivity contribution in [3.63, 3.8) is 0 Å². The van der Waals surface area contributed by atoms with Gasteiger partial charge in [-0.15, -0.1) is 0 Å². The number of Topliss-reactive ketones (excluding diaryl/α,β-unsaturated/α-hetero) is 1. The minimum atomic E-state index is 0.417. The van der Waals surface area contributed by atoms with E-state index in [-0.39, 0.29) is 0 Å². The van der Waals surface area contributed by atoms with Gasteiger partial charge in [0.1, 0.15) is 5.78 Å². The van der Waals surface area contributed by atoms with E-state index in [0.717, 1.165) is 24.7 Å². The van der Waals surface area contributed by atoms with Crippen LogP contribution < -0.4 is 0 Å². The zero-order chi connectivity index (χ0) is 16.4. The fourth-order valence-corrected chi connectivity index (χ4v) is 7.23. The van der Waals surface area contributed by atoms with Gasteiger partial charge in [-0.25, -0.2) is 0 Å². The number of hydrogen-bond acceptors (Lipinski definition) is 1. The minimum absolute atomic E-state index is 0.417. The standard InChI is InChI=1S/C22H34O/c1-5-21(3)11-10-18-17-7-6-15-13-16(23)12-14(2)22(15,4)20(17)9-8-19(18)21/h14-15,17,20H,5-13H2,1-4H3/t14-,15-,17-,20-,21+,22-/m0/s1. The molecule has 1 heteroatoms. The zero-order valence-corrected chi connectivity index (χ0v) is 15.6. The molecule has 2 saturated carbocycles. The molecule has 4 aliphatic rings. The van der Waals surface area contributed by atoms with Crippen LogP contribution >= 0.6 is 0 Å². The zero-order valence-electron chi connectivity index (χ0n) is 15.6. The van der Waals surface area contributed by atoms with Crippen molar-refractivity contribution in [2.24, 2.45) is 34.5 Å². The van der Waals surface area contributed by atoms with E-state index >= 15 is 0 Å². The third-order valence-corrected chi connectivity index (χ3v) is 9.06. The molecule has 0 aromatic carbocycles. The average molecular weight is 315 g/mol. The van der Waals surface area contributed by atoms with Crippen molar-refractivity contribution < 1.29 is 4.79 Å². The summed E-state index contributed by atoms with van der Waals surface area (Å²) in [5, 5.41) is 0. The van der Waals surface area contributed by atoms with Crippen molar-refractivity contribution in [1.82, 2.24) is 0 Å². The van der Waals surface area contributed by atoms with E-state index < -0.39 is 0 Å². The molecule has 0 bridgehead atoms. The summed E-state index contributed by atoms with van der Waals surface area (Å²) in [6.07, 6.45) is 11.2. The number of ketones is 1. The predicted octanol–water partition coefficient (Wildman–Crippen LogP) is 5.93. The van der Waals surface area contributed by atoms with Gasteiger partial charge in [0.25, 0.3) is 0 Å². The number of rotatable bonds is 1. The Morgan fingerprint density at radius 3 is 2.61 bits per heavy atom. The molecule has 0 aliphatic heterocycles. The van der Waals surface area contributed by atoms with Crippen LogP contribution in [-0.2, 0) is 4.79 Å². The lowest BCUT2D eigenvalue weighted by Gasteiger charge is -2.58. The topological polar surface area (TPSA) is 17.1 Å². The van der Waals surface area contributed by atoms with Crippen LogP contribution in [0.4, 0.5) is 0 Å². The first kappa shape index (κ1) is 15.9. The summed E-state index contributed by atoms with van der Waals surface area (Å²) in [6.45, 7) is 9.84. The number of hydrogen-bond donors (Lipinski definition) is 0. The highest BCUT2D eigenvalue weighted by molar-refractivity contribution is 5.80. The van der Waals surface area contributed by atoms with Gasteiger partial charge < -0.3 is 0 Å². The third-order valence-electron chi connectivity index (χ3n) is 9.06. The van der Waals surface area contributed by atoms with Crippen molar-refractivity contribution in [3.8, 4) is 0 Å². The molecular formula is C22H34O. The molecule has 1 nitrogen and oxygen atoms in total. The van der Waals surface area contributed by atoms with Gasteiger partial charge in [-0.3, -0.25) is 4.79 Å². The van der Waals surface area contributed by atoms with Gasteiger partial charge in [0.15, 0.2) is 0 Å². The Bertz CT molecular complexity index is 558. The largest absolute Gasteiger partial charge is 0.300 e. The summed E-state index contributed by atoms with van der Waals surface area (Å²) in [5.41, 5.74) is 4.67. The smallest absolute Gasteiger partial charge is 0.133 e. The van der Waals surface area contributed by atoms with Crippen LogP contribution in [0.2, 0.25) is 0 Å². The van der Waals surface area contributed by atoms with Gasteiger partial charge >= 0.3 is 0 Å². The lowest BCUT2D eigenvalue weighted by molar-refractivity contribution is -0.136. The van der Waals surface area contributed by atoms with Crippen molar-refractivity contribution >= 4 is 5.78 Å². The van der Waals surface area contributed by atoms with Crippen molar-refractivity contribution in [1.29, 1.82) is 0 Å². The molecule has 0 heterocycles. The van der Waals surface area contributed by atoms with Crippen LogP contribution in [0.15, 0.2) is 11.1 Å². The molecule has 0 N–H and O–H groups in total. The van der Waals surface area contributed by atoms with Crippen LogP contribution in [0, 0.1) is 34.5 Å². The van der Waals surface area contributed by atoms with Gasteiger partial charge in [0.2, 0.25) is 0 Å². The maximum absolute atomic E-state index is 12.1. The van der Waals surface area contributed by atoms with Crippen LogP contribution in [0.3, 0.4) is 0 Å². The Labute approximate surface area is 142 Å². The third kappa shape index (κ3) is 2.07. The number of fused-ring (bicyclic) bond motifs is 4. The quantitative estimate of drug-likeness (QED) is 0.548. The highest BCUT2D eigenvalue weighted by Gasteiger charge is 2.56. The summed E-state index contributed by atoms with van der Waals surface area (Å²) in [6, 6.07) is 0. The second kappa shape index (κ2) is 5.20. The lowest BCUT2D eigenvalue weighted by Crippen LogP contribution is -2.52. The number of carbonyl (C=O) groups excluding carboxylic acids is 1. The van der Waals surface area contributed by atoms with E-state index in [0.29, 0.717) is 28.4 Å². The molecule has 0 aromatic rings. The van der Waals surface area contributed by atoms with Gasteiger partial charge in [0, 0.05) is 12.8 Å². The molecule has 0 aromatic heterocycles. The molecule has 0 saturated heterocycles. The maximum Gasteiger partial charge on any atom is 0.133 e. The van der Waals surface area contributed by atoms with E-state index in [1.807, 2.05) is 11.1 Å². The predicted molar refractivity (Wildman–Crippen MR) is 95.1 cm³/mol. The van der Waals surface area contributed by atoms with Crippen molar-refractivity contribution in [2.45, 2.75) is 85.5 Å². The molecule has 0 amide bonds. The Morgan fingerprint density at radius 2 is 1.87 bits per heavy atom.